The molecule has 0 fully saturated rings. The van der Waals surface area contributed by atoms with Gasteiger partial charge in [0.25, 0.3) is 0 Å². The second kappa shape index (κ2) is 6.17. The van der Waals surface area contributed by atoms with Crippen LogP contribution in [0.25, 0.3) is 0 Å². The van der Waals surface area contributed by atoms with Gasteiger partial charge in [0.15, 0.2) is 0 Å². The average Bonchev–Trinajstić information content (AvgIpc) is 2.28. The lowest BCUT2D eigenvalue weighted by Crippen LogP contribution is -2.19. The van der Waals surface area contributed by atoms with E-state index in [9.17, 15) is 0 Å². The van der Waals surface area contributed by atoms with Crippen LogP contribution in [0.3, 0.4) is 0 Å². The van der Waals surface area contributed by atoms with Crippen molar-refractivity contribution in [3.8, 4) is 11.5 Å². The molecule has 0 unspecified atom stereocenters. The number of thioether (sulfide) groups is 1. The van der Waals surface area contributed by atoms with Gasteiger partial charge in [-0.05, 0) is 31.2 Å². The predicted molar refractivity (Wildman–Crippen MR) is 73.2 cm³/mol. The molecule has 4 heteroatoms. The molecule has 0 amide bonds. The first-order chi connectivity index (χ1) is 8.02. The molecule has 0 bridgehead atoms. The van der Waals surface area contributed by atoms with Gasteiger partial charge in [0.1, 0.15) is 11.5 Å². The Hall–Kier alpha value is -0.870. The molecular weight excluding hydrogens is 234 g/mol. The lowest BCUT2D eigenvalue weighted by atomic mass is 10.1. The predicted octanol–water partition coefficient (Wildman–Crippen LogP) is 2.92. The first-order valence-electron chi connectivity index (χ1n) is 5.63. The molecule has 0 atom stereocenters. The molecule has 0 saturated carbocycles. The molecule has 0 aliphatic heterocycles. The summed E-state index contributed by atoms with van der Waals surface area (Å²) in [6, 6.07) is 5.83. The van der Waals surface area contributed by atoms with E-state index in [1.165, 1.54) is 0 Å². The van der Waals surface area contributed by atoms with Crippen LogP contribution in [0.5, 0.6) is 11.5 Å². The zero-order valence-corrected chi connectivity index (χ0v) is 11.8. The van der Waals surface area contributed by atoms with Crippen molar-refractivity contribution in [2.45, 2.75) is 29.9 Å². The minimum atomic E-state index is 0.0917. The SMILES string of the molecule is COc1ccc(OC)c(SC(C)(C)CCN)c1. The summed E-state index contributed by atoms with van der Waals surface area (Å²) in [4.78, 5) is 1.09. The Balaban J connectivity index is 2.94. The Morgan fingerprint density at radius 2 is 1.94 bits per heavy atom. The minimum Gasteiger partial charge on any atom is -0.497 e. The van der Waals surface area contributed by atoms with E-state index in [1.807, 2.05) is 18.2 Å². The van der Waals surface area contributed by atoms with Crippen molar-refractivity contribution in [3.05, 3.63) is 18.2 Å². The molecule has 0 saturated heterocycles. The van der Waals surface area contributed by atoms with Gasteiger partial charge in [0.2, 0.25) is 0 Å². The van der Waals surface area contributed by atoms with Crippen LogP contribution in [0, 0.1) is 0 Å². The largest absolute Gasteiger partial charge is 0.497 e. The summed E-state index contributed by atoms with van der Waals surface area (Å²) in [5, 5.41) is 0. The highest BCUT2D eigenvalue weighted by Crippen LogP contribution is 2.41. The van der Waals surface area contributed by atoms with Crippen LogP contribution < -0.4 is 15.2 Å². The lowest BCUT2D eigenvalue weighted by Gasteiger charge is -2.24. The second-order valence-corrected chi connectivity index (χ2v) is 6.17. The number of methoxy groups -OCH3 is 2. The van der Waals surface area contributed by atoms with E-state index in [4.69, 9.17) is 15.2 Å². The molecule has 0 radical (unpaired) electrons. The molecule has 0 aliphatic rings. The topological polar surface area (TPSA) is 44.5 Å². The Kier molecular flexibility index (Phi) is 5.15. The van der Waals surface area contributed by atoms with Crippen LogP contribution in [0.15, 0.2) is 23.1 Å². The van der Waals surface area contributed by atoms with Crippen LogP contribution >= 0.6 is 11.8 Å². The van der Waals surface area contributed by atoms with Gasteiger partial charge in [0.05, 0.1) is 19.1 Å². The van der Waals surface area contributed by atoms with Gasteiger partial charge in [-0.3, -0.25) is 0 Å². The molecule has 1 rings (SSSR count). The van der Waals surface area contributed by atoms with Crippen LogP contribution in [0.4, 0.5) is 0 Å². The smallest absolute Gasteiger partial charge is 0.132 e. The summed E-state index contributed by atoms with van der Waals surface area (Å²) in [7, 11) is 3.35. The van der Waals surface area contributed by atoms with E-state index in [0.29, 0.717) is 6.54 Å². The van der Waals surface area contributed by atoms with Gasteiger partial charge in [0, 0.05) is 4.75 Å². The third-order valence-electron chi connectivity index (χ3n) is 2.50. The Morgan fingerprint density at radius 1 is 1.24 bits per heavy atom. The molecule has 96 valence electrons. The quantitative estimate of drug-likeness (QED) is 0.794. The minimum absolute atomic E-state index is 0.0917. The lowest BCUT2D eigenvalue weighted by molar-refractivity contribution is 0.394. The van der Waals surface area contributed by atoms with Gasteiger partial charge in [-0.2, -0.15) is 0 Å². The highest BCUT2D eigenvalue weighted by molar-refractivity contribution is 8.00. The number of hydrogen-bond donors (Lipinski definition) is 1. The number of ether oxygens (including phenoxy) is 2. The molecule has 0 aliphatic carbocycles. The third kappa shape index (κ3) is 4.13. The summed E-state index contributed by atoms with van der Waals surface area (Å²) in [6.45, 7) is 5.05. The van der Waals surface area contributed by atoms with Crippen molar-refractivity contribution in [1.82, 2.24) is 0 Å². The average molecular weight is 255 g/mol. The maximum atomic E-state index is 5.63. The van der Waals surface area contributed by atoms with E-state index in [1.54, 1.807) is 26.0 Å². The van der Waals surface area contributed by atoms with Crippen molar-refractivity contribution in [1.29, 1.82) is 0 Å². The van der Waals surface area contributed by atoms with Crippen LogP contribution in [-0.2, 0) is 0 Å². The first-order valence-corrected chi connectivity index (χ1v) is 6.45. The number of hydrogen-bond acceptors (Lipinski definition) is 4. The molecule has 2 N–H and O–H groups in total. The fourth-order valence-electron chi connectivity index (χ4n) is 1.56. The summed E-state index contributed by atoms with van der Waals surface area (Å²) < 4.78 is 10.7. The number of rotatable bonds is 6. The molecule has 1 aromatic rings. The molecule has 1 aromatic carbocycles. The van der Waals surface area contributed by atoms with Crippen molar-refractivity contribution in [2.75, 3.05) is 20.8 Å². The monoisotopic (exact) mass is 255 g/mol. The Bertz CT molecular complexity index is 366. The number of nitrogens with two attached hydrogens (primary N) is 1. The molecule has 0 heterocycles. The zero-order chi connectivity index (χ0) is 12.9. The maximum absolute atomic E-state index is 5.63. The van der Waals surface area contributed by atoms with Crippen molar-refractivity contribution in [2.24, 2.45) is 5.73 Å². The van der Waals surface area contributed by atoms with Crippen LogP contribution in [-0.4, -0.2) is 25.5 Å². The first kappa shape index (κ1) is 14.2. The van der Waals surface area contributed by atoms with Gasteiger partial charge in [-0.1, -0.05) is 13.8 Å². The normalized spacial score (nSPS) is 11.4. The van der Waals surface area contributed by atoms with Crippen LogP contribution in [0.2, 0.25) is 0 Å². The molecule has 0 spiro atoms. The maximum Gasteiger partial charge on any atom is 0.132 e. The standard InChI is InChI=1S/C13H21NO2S/c1-13(2,7-8-14)17-12-9-10(15-3)5-6-11(12)16-4/h5-6,9H,7-8,14H2,1-4H3. The van der Waals surface area contributed by atoms with Gasteiger partial charge < -0.3 is 15.2 Å². The number of benzene rings is 1. The van der Waals surface area contributed by atoms with E-state index < -0.39 is 0 Å². The van der Waals surface area contributed by atoms with Gasteiger partial charge in [-0.25, -0.2) is 0 Å². The van der Waals surface area contributed by atoms with Crippen molar-refractivity contribution < 1.29 is 9.47 Å². The second-order valence-electron chi connectivity index (χ2n) is 4.42. The van der Waals surface area contributed by atoms with E-state index in [0.717, 1.165) is 22.8 Å². The van der Waals surface area contributed by atoms with Crippen molar-refractivity contribution in [3.63, 3.8) is 0 Å². The third-order valence-corrected chi connectivity index (χ3v) is 3.80. The molecule has 17 heavy (non-hydrogen) atoms. The highest BCUT2D eigenvalue weighted by atomic mass is 32.2. The van der Waals surface area contributed by atoms with Gasteiger partial charge in [-0.15, -0.1) is 11.8 Å². The van der Waals surface area contributed by atoms with E-state index in [-0.39, 0.29) is 4.75 Å². The summed E-state index contributed by atoms with van der Waals surface area (Å²) in [5.41, 5.74) is 5.63. The Labute approximate surface area is 108 Å². The fraction of sp³-hybridized carbons (Fsp3) is 0.538. The van der Waals surface area contributed by atoms with E-state index >= 15 is 0 Å². The summed E-state index contributed by atoms with van der Waals surface area (Å²) >= 11 is 1.77. The van der Waals surface area contributed by atoms with Gasteiger partial charge >= 0.3 is 0 Å². The zero-order valence-electron chi connectivity index (χ0n) is 10.9. The molecule has 0 aromatic heterocycles. The summed E-state index contributed by atoms with van der Waals surface area (Å²) in [5.74, 6) is 1.72. The van der Waals surface area contributed by atoms with Crippen LogP contribution in [0.1, 0.15) is 20.3 Å². The fourth-order valence-corrected chi connectivity index (χ4v) is 2.80. The highest BCUT2D eigenvalue weighted by Gasteiger charge is 2.20. The molecule has 3 nitrogen and oxygen atoms in total. The Morgan fingerprint density at radius 3 is 2.47 bits per heavy atom. The van der Waals surface area contributed by atoms with E-state index in [2.05, 4.69) is 13.8 Å². The van der Waals surface area contributed by atoms with Crippen molar-refractivity contribution >= 4 is 11.8 Å². The summed E-state index contributed by atoms with van der Waals surface area (Å²) in [6.07, 6.45) is 0.956. The molecular formula is C13H21NO2S.